The maximum absolute atomic E-state index is 12.5. The minimum Gasteiger partial charge on any atom is -0.481 e. The number of sulfone groups is 1. The first kappa shape index (κ1) is 25.0. The molecule has 0 bridgehead atoms. The number of benzene rings is 4. The van der Waals surface area contributed by atoms with Gasteiger partial charge in [0, 0.05) is 23.8 Å². The van der Waals surface area contributed by atoms with E-state index in [0.717, 1.165) is 22.9 Å². The van der Waals surface area contributed by atoms with Crippen molar-refractivity contribution >= 4 is 43.5 Å². The van der Waals surface area contributed by atoms with Crippen molar-refractivity contribution in [1.29, 1.82) is 0 Å². The second-order valence-corrected chi connectivity index (χ2v) is 11.0. The summed E-state index contributed by atoms with van der Waals surface area (Å²) in [4.78, 5) is 24.1. The van der Waals surface area contributed by atoms with Gasteiger partial charge in [-0.15, -0.1) is 0 Å². The standard InChI is InChI=1S/C29H24N2O6S/c1-38(35,36)21-10-5-7-18(13-21)16-31-23-12-6-11-22(29(30)34)27(23)28-24(31)14-20(19-8-3-2-4-9-19)15-25(28)37-17-26(32)33/h2-15H,16-17H2,1H3,(H2,30,34)(H,32,33). The smallest absolute Gasteiger partial charge is 0.341 e. The van der Waals surface area contributed by atoms with Gasteiger partial charge in [0.2, 0.25) is 5.91 Å². The molecule has 0 aliphatic rings. The predicted molar refractivity (Wildman–Crippen MR) is 145 cm³/mol. The molecular weight excluding hydrogens is 504 g/mol. The Morgan fingerprint density at radius 3 is 2.29 bits per heavy atom. The first-order valence-corrected chi connectivity index (χ1v) is 13.6. The summed E-state index contributed by atoms with van der Waals surface area (Å²) in [6, 6.07) is 25.1. The molecule has 0 fully saturated rings. The minimum absolute atomic E-state index is 0.198. The molecule has 0 unspecified atom stereocenters. The number of carboxylic acid groups (broad SMARTS) is 1. The van der Waals surface area contributed by atoms with Gasteiger partial charge >= 0.3 is 5.97 Å². The summed E-state index contributed by atoms with van der Waals surface area (Å²) in [5.41, 5.74) is 9.77. The van der Waals surface area contributed by atoms with Crippen LogP contribution in [0.1, 0.15) is 15.9 Å². The minimum atomic E-state index is -3.42. The summed E-state index contributed by atoms with van der Waals surface area (Å²) < 4.78 is 32.1. The summed E-state index contributed by atoms with van der Waals surface area (Å²) in [5.74, 6) is -1.48. The SMILES string of the molecule is CS(=O)(=O)c1cccc(Cn2c3cc(-c4ccccc4)cc(OCC(=O)O)c3c3c(C(N)=O)cccc32)c1. The molecule has 5 rings (SSSR count). The summed E-state index contributed by atoms with van der Waals surface area (Å²) in [7, 11) is -3.42. The Balaban J connectivity index is 1.85. The van der Waals surface area contributed by atoms with E-state index in [4.69, 9.17) is 10.5 Å². The van der Waals surface area contributed by atoms with Crippen LogP contribution >= 0.6 is 0 Å². The molecule has 0 aliphatic carbocycles. The van der Waals surface area contributed by atoms with Crippen molar-refractivity contribution in [3.05, 3.63) is 96.1 Å². The van der Waals surface area contributed by atoms with Gasteiger partial charge < -0.3 is 20.1 Å². The Morgan fingerprint density at radius 1 is 0.868 bits per heavy atom. The number of carbonyl (C=O) groups excluding carboxylic acids is 1. The fraction of sp³-hybridized carbons (Fsp3) is 0.103. The second-order valence-electron chi connectivity index (χ2n) is 8.99. The van der Waals surface area contributed by atoms with Gasteiger partial charge in [-0.2, -0.15) is 0 Å². The molecule has 0 atom stereocenters. The van der Waals surface area contributed by atoms with E-state index in [2.05, 4.69) is 0 Å². The van der Waals surface area contributed by atoms with Crippen LogP contribution in [0, 0.1) is 0 Å². The third-order valence-corrected chi connectivity index (χ3v) is 7.46. The summed E-state index contributed by atoms with van der Waals surface area (Å²) in [5, 5.41) is 10.4. The number of primary amides is 1. The van der Waals surface area contributed by atoms with Crippen LogP contribution in [0.3, 0.4) is 0 Å². The number of hydrogen-bond donors (Lipinski definition) is 2. The number of rotatable bonds is 8. The van der Waals surface area contributed by atoms with Crippen molar-refractivity contribution in [3.8, 4) is 16.9 Å². The van der Waals surface area contributed by atoms with Crippen LogP contribution in [0.4, 0.5) is 0 Å². The highest BCUT2D eigenvalue weighted by Crippen LogP contribution is 2.41. The molecule has 9 heteroatoms. The fourth-order valence-electron chi connectivity index (χ4n) is 4.71. The zero-order valence-electron chi connectivity index (χ0n) is 20.4. The lowest BCUT2D eigenvalue weighted by atomic mass is 10.0. The van der Waals surface area contributed by atoms with Crippen LogP contribution in [-0.4, -0.2) is 42.8 Å². The van der Waals surface area contributed by atoms with E-state index in [-0.39, 0.29) is 17.0 Å². The van der Waals surface area contributed by atoms with E-state index in [0.29, 0.717) is 27.6 Å². The van der Waals surface area contributed by atoms with E-state index in [1.165, 1.54) is 0 Å². The number of fused-ring (bicyclic) bond motifs is 3. The molecule has 4 aromatic carbocycles. The van der Waals surface area contributed by atoms with Crippen molar-refractivity contribution < 1.29 is 27.9 Å². The number of ether oxygens (including phenoxy) is 1. The second kappa shape index (κ2) is 9.68. The molecule has 3 N–H and O–H groups in total. The van der Waals surface area contributed by atoms with Crippen LogP contribution in [0.2, 0.25) is 0 Å². The third-order valence-electron chi connectivity index (χ3n) is 6.35. The summed E-state index contributed by atoms with van der Waals surface area (Å²) >= 11 is 0. The van der Waals surface area contributed by atoms with Crippen LogP contribution in [0.25, 0.3) is 32.9 Å². The highest BCUT2D eigenvalue weighted by molar-refractivity contribution is 7.90. The van der Waals surface area contributed by atoms with Crippen molar-refractivity contribution in [2.75, 3.05) is 12.9 Å². The molecule has 0 aliphatic heterocycles. The van der Waals surface area contributed by atoms with Crippen molar-refractivity contribution in [2.45, 2.75) is 11.4 Å². The molecule has 1 heterocycles. The van der Waals surface area contributed by atoms with Crippen molar-refractivity contribution in [2.24, 2.45) is 5.73 Å². The zero-order valence-corrected chi connectivity index (χ0v) is 21.2. The average Bonchev–Trinajstić information content (AvgIpc) is 3.21. The molecule has 0 radical (unpaired) electrons. The van der Waals surface area contributed by atoms with Gasteiger partial charge in [-0.25, -0.2) is 13.2 Å². The van der Waals surface area contributed by atoms with Crippen LogP contribution in [0.5, 0.6) is 5.75 Å². The van der Waals surface area contributed by atoms with Crippen LogP contribution in [-0.2, 0) is 21.2 Å². The third kappa shape index (κ3) is 4.71. The van der Waals surface area contributed by atoms with E-state index in [9.17, 15) is 23.1 Å². The molecule has 0 saturated carbocycles. The topological polar surface area (TPSA) is 129 Å². The normalized spacial score (nSPS) is 11.6. The van der Waals surface area contributed by atoms with Gasteiger partial charge in [-0.1, -0.05) is 48.5 Å². The molecule has 192 valence electrons. The number of aromatic nitrogens is 1. The molecule has 1 aromatic heterocycles. The van der Waals surface area contributed by atoms with E-state index in [1.807, 2.05) is 53.1 Å². The summed E-state index contributed by atoms with van der Waals surface area (Å²) in [6.45, 7) is -0.294. The highest BCUT2D eigenvalue weighted by atomic mass is 32.2. The van der Waals surface area contributed by atoms with Gasteiger partial charge in [-0.3, -0.25) is 4.79 Å². The van der Waals surface area contributed by atoms with Gasteiger partial charge in [0.25, 0.3) is 0 Å². The van der Waals surface area contributed by atoms with Gasteiger partial charge in [0.15, 0.2) is 16.4 Å². The molecule has 8 nitrogen and oxygen atoms in total. The highest BCUT2D eigenvalue weighted by Gasteiger charge is 2.22. The number of aliphatic carboxylic acids is 1. The lowest BCUT2D eigenvalue weighted by molar-refractivity contribution is -0.139. The molecule has 0 spiro atoms. The number of carbonyl (C=O) groups is 2. The van der Waals surface area contributed by atoms with Gasteiger partial charge in [0.1, 0.15) is 5.75 Å². The number of nitrogens with two attached hydrogens (primary N) is 1. The molecular formula is C29H24N2O6S. The van der Waals surface area contributed by atoms with E-state index in [1.54, 1.807) is 36.4 Å². The van der Waals surface area contributed by atoms with Gasteiger partial charge in [0.05, 0.1) is 21.3 Å². The quantitative estimate of drug-likeness (QED) is 0.306. The number of carboxylic acids is 1. The molecule has 1 amide bonds. The monoisotopic (exact) mass is 528 g/mol. The maximum atomic E-state index is 12.5. The Morgan fingerprint density at radius 2 is 1.61 bits per heavy atom. The lowest BCUT2D eigenvalue weighted by Gasteiger charge is -2.12. The van der Waals surface area contributed by atoms with E-state index < -0.39 is 28.3 Å². The zero-order chi connectivity index (χ0) is 27.0. The number of amides is 1. The van der Waals surface area contributed by atoms with Gasteiger partial charge in [-0.05, 0) is 53.1 Å². The fourth-order valence-corrected chi connectivity index (χ4v) is 5.40. The van der Waals surface area contributed by atoms with E-state index >= 15 is 0 Å². The van der Waals surface area contributed by atoms with Crippen LogP contribution < -0.4 is 10.5 Å². The van der Waals surface area contributed by atoms with Crippen molar-refractivity contribution in [3.63, 3.8) is 0 Å². The first-order chi connectivity index (χ1) is 18.1. The number of hydrogen-bond acceptors (Lipinski definition) is 5. The first-order valence-electron chi connectivity index (χ1n) is 11.7. The number of nitrogens with zero attached hydrogens (tertiary/aromatic N) is 1. The lowest BCUT2D eigenvalue weighted by Crippen LogP contribution is -2.11. The van der Waals surface area contributed by atoms with Crippen LogP contribution in [0.15, 0.2) is 89.8 Å². The van der Waals surface area contributed by atoms with Crippen molar-refractivity contribution in [1.82, 2.24) is 4.57 Å². The predicted octanol–water partition coefficient (Wildman–Crippen LogP) is 4.48. The Hall–Kier alpha value is -4.63. The largest absolute Gasteiger partial charge is 0.481 e. The summed E-state index contributed by atoms with van der Waals surface area (Å²) in [6.07, 6.45) is 1.16. The Labute approximate surface area is 218 Å². The molecule has 38 heavy (non-hydrogen) atoms. The molecule has 5 aromatic rings. The Kier molecular flexibility index (Phi) is 6.38. The molecule has 0 saturated heterocycles. The Bertz CT molecular complexity index is 1830. The maximum Gasteiger partial charge on any atom is 0.341 e. The average molecular weight is 529 g/mol.